The highest BCUT2D eigenvalue weighted by molar-refractivity contribution is 6.88. The largest absolute Gasteiger partial charge is 0.310 e. The summed E-state index contributed by atoms with van der Waals surface area (Å²) >= 11 is 0. The molecule has 9 aromatic carbocycles. The summed E-state index contributed by atoms with van der Waals surface area (Å²) in [7, 11) is -1.56. The molecule has 0 amide bonds. The molecule has 0 atom stereocenters. The summed E-state index contributed by atoms with van der Waals surface area (Å²) in [5, 5.41) is 6.50. The molecule has 0 radical (unpaired) electrons. The van der Waals surface area contributed by atoms with Crippen molar-refractivity contribution in [1.82, 2.24) is 4.57 Å². The van der Waals surface area contributed by atoms with Gasteiger partial charge in [-0.3, -0.25) is 0 Å². The van der Waals surface area contributed by atoms with Gasteiger partial charge in [0.2, 0.25) is 0 Å². The van der Waals surface area contributed by atoms with E-state index in [-0.39, 0.29) is 5.41 Å². The first-order valence-corrected chi connectivity index (χ1v) is 25.4. The van der Waals surface area contributed by atoms with Crippen LogP contribution in [-0.4, -0.2) is 12.6 Å². The number of hydrogen-bond donors (Lipinski definition) is 0. The van der Waals surface area contributed by atoms with Crippen molar-refractivity contribution in [3.8, 4) is 39.1 Å². The SMILES string of the molecule is Cc1ccc(N(c2cccc([Si](C)(C)C)c2)c2ccc3c(c2)C(C)(C)c2cc(-n4c5ccc(-c6ccccc6)cc5c5cc(-c6ccccc6)ccc54)c4ccccc4c2-3)cc1. The second-order valence-corrected chi connectivity index (χ2v) is 23.8. The van der Waals surface area contributed by atoms with Crippen molar-refractivity contribution >= 4 is 62.9 Å². The van der Waals surface area contributed by atoms with E-state index in [2.05, 4.69) is 244 Å². The monoisotopic (exact) mass is 814 g/mol. The Hall–Kier alpha value is -6.94. The Morgan fingerprint density at radius 2 is 1.00 bits per heavy atom. The fraction of sp³-hybridized carbons (Fsp3) is 0.119. The third-order valence-electron chi connectivity index (χ3n) is 13.4. The van der Waals surface area contributed by atoms with Gasteiger partial charge in [0.1, 0.15) is 0 Å². The Kier molecular flexibility index (Phi) is 8.78. The lowest BCUT2D eigenvalue weighted by Crippen LogP contribution is -2.37. The van der Waals surface area contributed by atoms with Crippen LogP contribution >= 0.6 is 0 Å². The normalized spacial score (nSPS) is 13.1. The number of rotatable bonds is 7. The second-order valence-electron chi connectivity index (χ2n) is 18.7. The molecule has 1 heterocycles. The Labute approximate surface area is 366 Å². The minimum atomic E-state index is -1.56. The van der Waals surface area contributed by atoms with Gasteiger partial charge in [0, 0.05) is 38.6 Å². The van der Waals surface area contributed by atoms with Gasteiger partial charge in [-0.2, -0.15) is 0 Å². The first-order chi connectivity index (χ1) is 30.0. The fourth-order valence-electron chi connectivity index (χ4n) is 10.0. The van der Waals surface area contributed by atoms with Crippen molar-refractivity contribution in [1.29, 1.82) is 0 Å². The zero-order valence-electron chi connectivity index (χ0n) is 36.4. The van der Waals surface area contributed by atoms with E-state index in [0.717, 1.165) is 0 Å². The van der Waals surface area contributed by atoms with Gasteiger partial charge in [-0.1, -0.05) is 172 Å². The zero-order valence-corrected chi connectivity index (χ0v) is 37.4. The van der Waals surface area contributed by atoms with Crippen LogP contribution in [0.1, 0.15) is 30.5 Å². The average Bonchev–Trinajstić information content (AvgIpc) is 3.74. The molecule has 10 aromatic rings. The van der Waals surface area contributed by atoms with E-state index in [1.54, 1.807) is 0 Å². The van der Waals surface area contributed by atoms with E-state index in [4.69, 9.17) is 0 Å². The van der Waals surface area contributed by atoms with Crippen LogP contribution in [0.4, 0.5) is 17.1 Å². The van der Waals surface area contributed by atoms with Crippen molar-refractivity contribution in [2.24, 2.45) is 0 Å². The summed E-state index contributed by atoms with van der Waals surface area (Å²) in [6.07, 6.45) is 0. The van der Waals surface area contributed by atoms with Gasteiger partial charge < -0.3 is 9.47 Å². The molecule has 0 N–H and O–H groups in total. The highest BCUT2D eigenvalue weighted by atomic mass is 28.3. The molecule has 11 rings (SSSR count). The van der Waals surface area contributed by atoms with Gasteiger partial charge in [-0.15, -0.1) is 0 Å². The molecule has 3 heteroatoms. The van der Waals surface area contributed by atoms with Crippen molar-refractivity contribution < 1.29 is 0 Å². The van der Waals surface area contributed by atoms with Crippen LogP contribution in [-0.2, 0) is 5.41 Å². The predicted molar refractivity (Wildman–Crippen MR) is 269 cm³/mol. The van der Waals surface area contributed by atoms with Crippen molar-refractivity contribution in [2.45, 2.75) is 45.8 Å². The molecule has 0 aliphatic heterocycles. The van der Waals surface area contributed by atoms with Crippen LogP contribution in [0.3, 0.4) is 0 Å². The summed E-state index contributed by atoms with van der Waals surface area (Å²) in [5.41, 5.74) is 18.4. The Balaban J connectivity index is 1.12. The Morgan fingerprint density at radius 1 is 0.435 bits per heavy atom. The topological polar surface area (TPSA) is 8.17 Å². The Morgan fingerprint density at radius 3 is 1.61 bits per heavy atom. The molecule has 0 saturated carbocycles. The van der Waals surface area contributed by atoms with Crippen LogP contribution in [0.2, 0.25) is 19.6 Å². The van der Waals surface area contributed by atoms with Gasteiger partial charge in [0.25, 0.3) is 0 Å². The number of hydrogen-bond acceptors (Lipinski definition) is 1. The van der Waals surface area contributed by atoms with Crippen molar-refractivity contribution in [3.63, 3.8) is 0 Å². The lowest BCUT2D eigenvalue weighted by Gasteiger charge is -2.29. The summed E-state index contributed by atoms with van der Waals surface area (Å²) in [5.74, 6) is 0. The van der Waals surface area contributed by atoms with E-state index in [1.165, 1.54) is 111 Å². The summed E-state index contributed by atoms with van der Waals surface area (Å²) in [4.78, 5) is 2.46. The fourth-order valence-corrected chi connectivity index (χ4v) is 11.2. The minimum absolute atomic E-state index is 0.266. The third kappa shape index (κ3) is 6.14. The molecule has 0 saturated heterocycles. The zero-order chi connectivity index (χ0) is 42.3. The summed E-state index contributed by atoms with van der Waals surface area (Å²) < 4.78 is 2.53. The van der Waals surface area contributed by atoms with Crippen LogP contribution in [0, 0.1) is 6.92 Å². The highest BCUT2D eigenvalue weighted by Gasteiger charge is 2.38. The average molecular weight is 815 g/mol. The molecule has 1 aliphatic rings. The van der Waals surface area contributed by atoms with E-state index in [9.17, 15) is 0 Å². The Bertz CT molecular complexity index is 3250. The quantitative estimate of drug-likeness (QED) is 0.146. The van der Waals surface area contributed by atoms with E-state index in [1.807, 2.05) is 0 Å². The van der Waals surface area contributed by atoms with E-state index >= 15 is 0 Å². The first-order valence-electron chi connectivity index (χ1n) is 21.9. The minimum Gasteiger partial charge on any atom is -0.310 e. The van der Waals surface area contributed by atoms with Crippen LogP contribution < -0.4 is 10.1 Å². The van der Waals surface area contributed by atoms with Gasteiger partial charge in [0.15, 0.2) is 0 Å². The second kappa shape index (κ2) is 14.3. The molecule has 300 valence electrons. The van der Waals surface area contributed by atoms with E-state index < -0.39 is 8.07 Å². The molecule has 0 unspecified atom stereocenters. The maximum absolute atomic E-state index is 2.53. The van der Waals surface area contributed by atoms with Gasteiger partial charge in [-0.05, 0) is 124 Å². The van der Waals surface area contributed by atoms with Crippen LogP contribution in [0.15, 0.2) is 194 Å². The highest BCUT2D eigenvalue weighted by Crippen LogP contribution is 2.54. The van der Waals surface area contributed by atoms with Crippen LogP contribution in [0.25, 0.3) is 71.6 Å². The van der Waals surface area contributed by atoms with E-state index in [0.29, 0.717) is 0 Å². The number of benzene rings is 9. The molecule has 0 fully saturated rings. The molecular formula is C59H50N2Si. The van der Waals surface area contributed by atoms with Gasteiger partial charge in [-0.25, -0.2) is 0 Å². The number of aryl methyl sites for hydroxylation is 1. The van der Waals surface area contributed by atoms with Crippen molar-refractivity contribution in [3.05, 3.63) is 211 Å². The molecule has 0 bridgehead atoms. The van der Waals surface area contributed by atoms with Gasteiger partial charge in [0.05, 0.1) is 24.8 Å². The summed E-state index contributed by atoms with van der Waals surface area (Å²) in [6.45, 7) is 14.3. The molecule has 2 nitrogen and oxygen atoms in total. The number of aromatic nitrogens is 1. The van der Waals surface area contributed by atoms with Crippen LogP contribution in [0.5, 0.6) is 0 Å². The smallest absolute Gasteiger partial charge is 0.0776 e. The number of fused-ring (bicyclic) bond motifs is 8. The van der Waals surface area contributed by atoms with Crippen molar-refractivity contribution in [2.75, 3.05) is 4.90 Å². The third-order valence-corrected chi connectivity index (χ3v) is 15.4. The molecular weight excluding hydrogens is 765 g/mol. The standard InChI is InChI=1S/C59H50N2Si/c1-39-24-28-44(29-25-39)60(45-20-15-21-47(36-45)62(4,5)6)46-30-31-50-53(37-46)59(2,3)54-38-57(48-22-13-14-23-49(48)58(50)54)61-55-32-26-42(40-16-9-7-10-17-40)34-51(55)52-35-43(27-33-56(52)61)41-18-11-8-12-19-41/h7-38H,1-6H3. The maximum atomic E-state index is 2.53. The van der Waals surface area contributed by atoms with Gasteiger partial charge >= 0.3 is 0 Å². The first kappa shape index (κ1) is 38.0. The summed E-state index contributed by atoms with van der Waals surface area (Å²) in [6, 6.07) is 72.6. The lowest BCUT2D eigenvalue weighted by molar-refractivity contribution is 0.660. The number of anilines is 3. The predicted octanol–water partition coefficient (Wildman–Crippen LogP) is 15.9. The molecule has 1 aliphatic carbocycles. The maximum Gasteiger partial charge on any atom is 0.0776 e. The number of nitrogens with zero attached hydrogens (tertiary/aromatic N) is 2. The molecule has 0 spiro atoms. The molecule has 1 aromatic heterocycles. The molecule has 62 heavy (non-hydrogen) atoms. The lowest BCUT2D eigenvalue weighted by atomic mass is 9.81.